The number of amides is 4. The van der Waals surface area contributed by atoms with E-state index in [4.69, 9.17) is 9.26 Å². The molecule has 4 amide bonds. The summed E-state index contributed by atoms with van der Waals surface area (Å²) in [4.78, 5) is 56.2. The van der Waals surface area contributed by atoms with Gasteiger partial charge in [0.1, 0.15) is 18.1 Å². The van der Waals surface area contributed by atoms with Gasteiger partial charge < -0.3 is 19.5 Å². The van der Waals surface area contributed by atoms with Crippen molar-refractivity contribution in [3.63, 3.8) is 0 Å². The molecule has 1 aromatic heterocycles. The number of benzene rings is 2. The maximum Gasteiger partial charge on any atom is 0.273 e. The number of carbonyl (C=O) groups is 4. The van der Waals surface area contributed by atoms with Gasteiger partial charge in [-0.25, -0.2) is 0 Å². The number of carbonyl (C=O) groups excluding carboxylic acids is 4. The number of ether oxygens (including phenoxy) is 1. The largest absolute Gasteiger partial charge is 0.491 e. The van der Waals surface area contributed by atoms with E-state index in [1.807, 2.05) is 23.1 Å². The van der Waals surface area contributed by atoms with Crippen molar-refractivity contribution in [1.29, 1.82) is 0 Å². The number of hydrogen-bond acceptors (Lipinski definition) is 7. The molecule has 1 saturated carbocycles. The molecule has 0 spiro atoms. The molecule has 218 valence electrons. The fourth-order valence-corrected chi connectivity index (χ4v) is 6.37. The normalized spacial score (nSPS) is 18.5. The van der Waals surface area contributed by atoms with Crippen molar-refractivity contribution in [2.24, 2.45) is 5.92 Å². The van der Waals surface area contributed by atoms with Crippen molar-refractivity contribution < 1.29 is 28.4 Å². The number of hydrogen-bond donors (Lipinski definition) is 1. The highest BCUT2D eigenvalue weighted by Crippen LogP contribution is 2.40. The Morgan fingerprint density at radius 1 is 1.02 bits per heavy atom. The molecule has 1 atom stereocenters. The highest BCUT2D eigenvalue weighted by Gasteiger charge is 2.42. The molecular weight excluding hydrogens is 536 g/mol. The van der Waals surface area contributed by atoms with Gasteiger partial charge in [-0.15, -0.1) is 0 Å². The van der Waals surface area contributed by atoms with Crippen LogP contribution in [-0.2, 0) is 11.2 Å². The number of aryl methyl sites for hydroxylation is 1. The molecule has 6 rings (SSSR count). The van der Waals surface area contributed by atoms with Gasteiger partial charge in [0.2, 0.25) is 5.91 Å². The van der Waals surface area contributed by atoms with E-state index in [-0.39, 0.29) is 54.9 Å². The summed E-state index contributed by atoms with van der Waals surface area (Å²) in [5.74, 6) is 0.0678. The summed E-state index contributed by atoms with van der Waals surface area (Å²) in [5, 5.41) is 6.51. The topological polar surface area (TPSA) is 122 Å². The standard InChI is InChI=1S/C32H34N4O6/c1-20-18-25(34-42-20)29(37)33-15-17-41-27-13-7-10-21-14-16-35(30(38)22-8-3-2-4-9-22)26(28(21)27)19-36-31(39)23-11-5-6-12-24(23)32(36)40/h5-7,10-13,18,22,26H,2-4,8-9,14-17,19H2,1H3,(H,33,37)/t26-/m1/s1. The van der Waals surface area contributed by atoms with Crippen LogP contribution in [0.15, 0.2) is 53.1 Å². The second kappa shape index (κ2) is 11.8. The Bertz CT molecular complexity index is 1490. The van der Waals surface area contributed by atoms with Gasteiger partial charge in [0.05, 0.1) is 30.3 Å². The van der Waals surface area contributed by atoms with Crippen LogP contribution in [0.4, 0.5) is 0 Å². The summed E-state index contributed by atoms with van der Waals surface area (Å²) in [6, 6.07) is 13.6. The zero-order valence-corrected chi connectivity index (χ0v) is 23.6. The van der Waals surface area contributed by atoms with E-state index < -0.39 is 6.04 Å². The summed E-state index contributed by atoms with van der Waals surface area (Å²) in [7, 11) is 0. The van der Waals surface area contributed by atoms with Crippen molar-refractivity contribution in [2.75, 3.05) is 26.2 Å². The third-order valence-corrected chi connectivity index (χ3v) is 8.46. The predicted octanol–water partition coefficient (Wildman–Crippen LogP) is 4.09. The minimum Gasteiger partial charge on any atom is -0.491 e. The third kappa shape index (κ3) is 5.29. The molecule has 1 aliphatic carbocycles. The smallest absolute Gasteiger partial charge is 0.273 e. The van der Waals surface area contributed by atoms with Gasteiger partial charge in [0.15, 0.2) is 5.69 Å². The van der Waals surface area contributed by atoms with E-state index in [2.05, 4.69) is 10.5 Å². The maximum absolute atomic E-state index is 13.9. The summed E-state index contributed by atoms with van der Waals surface area (Å²) in [5.41, 5.74) is 2.78. The Labute approximate surface area is 244 Å². The minimum absolute atomic E-state index is 0.0421. The average Bonchev–Trinajstić information content (AvgIpc) is 3.56. The lowest BCUT2D eigenvalue weighted by Crippen LogP contribution is -2.48. The zero-order chi connectivity index (χ0) is 29.2. The monoisotopic (exact) mass is 570 g/mol. The van der Waals surface area contributed by atoms with Gasteiger partial charge in [-0.3, -0.25) is 24.1 Å². The van der Waals surface area contributed by atoms with Crippen LogP contribution in [0.2, 0.25) is 0 Å². The van der Waals surface area contributed by atoms with Crippen molar-refractivity contribution in [2.45, 2.75) is 51.5 Å². The molecule has 2 aromatic carbocycles. The Kier molecular flexibility index (Phi) is 7.78. The van der Waals surface area contributed by atoms with Crippen LogP contribution in [0.5, 0.6) is 5.75 Å². The molecule has 0 unspecified atom stereocenters. The van der Waals surface area contributed by atoms with Gasteiger partial charge in [-0.05, 0) is 49.9 Å². The molecule has 1 N–H and O–H groups in total. The molecule has 10 nitrogen and oxygen atoms in total. The highest BCUT2D eigenvalue weighted by molar-refractivity contribution is 6.21. The molecule has 10 heteroatoms. The molecule has 42 heavy (non-hydrogen) atoms. The minimum atomic E-state index is -0.547. The molecule has 0 bridgehead atoms. The van der Waals surface area contributed by atoms with Crippen LogP contribution in [0.1, 0.15) is 86.2 Å². The van der Waals surface area contributed by atoms with Crippen LogP contribution in [0, 0.1) is 12.8 Å². The van der Waals surface area contributed by atoms with Gasteiger partial charge in [0.25, 0.3) is 17.7 Å². The first-order valence-electron chi connectivity index (χ1n) is 14.6. The van der Waals surface area contributed by atoms with E-state index in [0.717, 1.165) is 43.2 Å². The van der Waals surface area contributed by atoms with Crippen molar-refractivity contribution in [1.82, 2.24) is 20.3 Å². The average molecular weight is 571 g/mol. The van der Waals surface area contributed by atoms with E-state index in [1.54, 1.807) is 37.3 Å². The van der Waals surface area contributed by atoms with Crippen molar-refractivity contribution in [3.8, 4) is 5.75 Å². The molecule has 0 radical (unpaired) electrons. The SMILES string of the molecule is Cc1cc(C(=O)NCCOc2cccc3c2[C@@H](CN2C(=O)c4ccccc4C2=O)N(C(=O)C2CCCCC2)CC3)no1. The maximum atomic E-state index is 13.9. The number of nitrogens with zero attached hydrogens (tertiary/aromatic N) is 3. The van der Waals surface area contributed by atoms with Gasteiger partial charge >= 0.3 is 0 Å². The van der Waals surface area contributed by atoms with Crippen LogP contribution in [0.25, 0.3) is 0 Å². The van der Waals surface area contributed by atoms with Gasteiger partial charge in [-0.2, -0.15) is 0 Å². The summed E-state index contributed by atoms with van der Waals surface area (Å²) in [6.07, 6.45) is 5.53. The van der Waals surface area contributed by atoms with Crippen LogP contribution >= 0.6 is 0 Å². The molecule has 1 fully saturated rings. The van der Waals surface area contributed by atoms with Gasteiger partial charge in [0, 0.05) is 24.1 Å². The zero-order valence-electron chi connectivity index (χ0n) is 23.6. The van der Waals surface area contributed by atoms with Gasteiger partial charge in [-0.1, -0.05) is 48.7 Å². The van der Waals surface area contributed by atoms with E-state index in [9.17, 15) is 19.2 Å². The van der Waals surface area contributed by atoms with Crippen LogP contribution in [-0.4, -0.2) is 64.8 Å². The van der Waals surface area contributed by atoms with E-state index >= 15 is 0 Å². The Balaban J connectivity index is 1.26. The quantitative estimate of drug-likeness (QED) is 0.320. The first-order valence-corrected chi connectivity index (χ1v) is 14.6. The lowest BCUT2D eigenvalue weighted by Gasteiger charge is -2.41. The Hall–Kier alpha value is -4.47. The predicted molar refractivity (Wildman–Crippen MR) is 152 cm³/mol. The fourth-order valence-electron chi connectivity index (χ4n) is 6.37. The van der Waals surface area contributed by atoms with Crippen molar-refractivity contribution in [3.05, 3.63) is 82.2 Å². The number of fused-ring (bicyclic) bond motifs is 2. The first kappa shape index (κ1) is 27.7. The summed E-state index contributed by atoms with van der Waals surface area (Å²) < 4.78 is 11.2. The highest BCUT2D eigenvalue weighted by atomic mass is 16.5. The molecule has 2 aliphatic heterocycles. The number of rotatable bonds is 8. The lowest BCUT2D eigenvalue weighted by molar-refractivity contribution is -0.140. The van der Waals surface area contributed by atoms with E-state index in [1.165, 1.54) is 4.90 Å². The number of nitrogens with one attached hydrogen (secondary N) is 1. The van der Waals surface area contributed by atoms with Crippen LogP contribution in [0.3, 0.4) is 0 Å². The second-order valence-corrected chi connectivity index (χ2v) is 11.2. The molecule has 3 aliphatic rings. The van der Waals surface area contributed by atoms with Crippen molar-refractivity contribution >= 4 is 23.6 Å². The third-order valence-electron chi connectivity index (χ3n) is 8.46. The molecule has 3 heterocycles. The number of aromatic nitrogens is 1. The number of imide groups is 1. The second-order valence-electron chi connectivity index (χ2n) is 11.2. The molecular formula is C32H34N4O6. The summed E-state index contributed by atoms with van der Waals surface area (Å²) >= 11 is 0. The lowest BCUT2D eigenvalue weighted by atomic mass is 9.85. The fraction of sp³-hybridized carbons (Fsp3) is 0.406. The van der Waals surface area contributed by atoms with E-state index in [0.29, 0.717) is 35.6 Å². The summed E-state index contributed by atoms with van der Waals surface area (Å²) in [6.45, 7) is 2.66. The molecule has 0 saturated heterocycles. The molecule has 3 aromatic rings. The Morgan fingerprint density at radius 2 is 1.76 bits per heavy atom. The Morgan fingerprint density at radius 3 is 2.45 bits per heavy atom. The van der Waals surface area contributed by atoms with Crippen LogP contribution < -0.4 is 10.1 Å². The first-order chi connectivity index (χ1) is 20.4.